The zero-order chi connectivity index (χ0) is 26.0. The van der Waals surface area contributed by atoms with Crippen LogP contribution in [0.4, 0.5) is 5.69 Å². The van der Waals surface area contributed by atoms with Gasteiger partial charge in [-0.2, -0.15) is 0 Å². The third-order valence-corrected chi connectivity index (χ3v) is 20.4. The summed E-state index contributed by atoms with van der Waals surface area (Å²) in [5.74, 6) is 0.954. The molecule has 0 saturated carbocycles. The lowest BCUT2D eigenvalue weighted by Crippen LogP contribution is -2.50. The fraction of sp³-hybridized carbons (Fsp3) is 0.655. The van der Waals surface area contributed by atoms with Crippen LogP contribution in [0.1, 0.15) is 88.6 Å². The first-order valence-electron chi connectivity index (χ1n) is 13.4. The van der Waals surface area contributed by atoms with E-state index in [0.29, 0.717) is 39.9 Å². The van der Waals surface area contributed by atoms with Crippen molar-refractivity contribution in [2.24, 2.45) is 0 Å². The normalized spacial score (nSPS) is 13.5. The van der Waals surface area contributed by atoms with Crippen LogP contribution in [-0.4, -0.2) is 16.6 Å². The van der Waals surface area contributed by atoms with Crippen molar-refractivity contribution in [3.05, 3.63) is 35.9 Å². The summed E-state index contributed by atoms with van der Waals surface area (Å²) in [6, 6.07) is 10.7. The number of nitrogens with two attached hydrogens (primary N) is 1. The van der Waals surface area contributed by atoms with Crippen molar-refractivity contribution in [2.75, 3.05) is 5.73 Å². The van der Waals surface area contributed by atoms with E-state index in [1.54, 1.807) is 0 Å². The second-order valence-corrected chi connectivity index (χ2v) is 22.9. The maximum absolute atomic E-state index is 6.96. The third-order valence-electron chi connectivity index (χ3n) is 8.30. The van der Waals surface area contributed by atoms with Gasteiger partial charge in [-0.3, -0.25) is 0 Å². The molecule has 0 heterocycles. The Kier molecular flexibility index (Phi) is 9.51. The first kappa shape index (κ1) is 28.9. The molecule has 0 saturated heterocycles. The molecule has 0 aliphatic rings. The highest BCUT2D eigenvalue weighted by molar-refractivity contribution is 6.78. The van der Waals surface area contributed by atoms with Gasteiger partial charge in [0.2, 0.25) is 8.32 Å². The molecule has 2 aromatic carbocycles. The second-order valence-electron chi connectivity index (χ2n) is 12.0. The zero-order valence-corrected chi connectivity index (χ0v) is 26.0. The second kappa shape index (κ2) is 11.2. The molecule has 192 valence electrons. The predicted molar refractivity (Wildman–Crippen MR) is 156 cm³/mol. The Hall–Kier alpha value is -1.31. The van der Waals surface area contributed by atoms with Crippen LogP contribution in [-0.2, 0) is 11.0 Å². The fourth-order valence-corrected chi connectivity index (χ4v) is 17.5. The smallest absolute Gasteiger partial charge is 0.258 e. The molecule has 2 aromatic rings. The van der Waals surface area contributed by atoms with Crippen molar-refractivity contribution in [2.45, 2.75) is 123 Å². The SMILES string of the molecule is CC(C)[Si](OCc1ccc(N)c2cc(O[Si](C(C)C)(C(C)C)C(C)C)ccc12)(C(C)C)C(C)C. The summed E-state index contributed by atoms with van der Waals surface area (Å²) in [4.78, 5) is 0. The van der Waals surface area contributed by atoms with Gasteiger partial charge in [-0.15, -0.1) is 0 Å². The summed E-state index contributed by atoms with van der Waals surface area (Å²) < 4.78 is 13.9. The highest BCUT2D eigenvalue weighted by atomic mass is 28.4. The Morgan fingerprint density at radius 3 is 1.53 bits per heavy atom. The van der Waals surface area contributed by atoms with Crippen molar-refractivity contribution in [1.29, 1.82) is 0 Å². The van der Waals surface area contributed by atoms with Gasteiger partial charge in [0, 0.05) is 11.1 Å². The van der Waals surface area contributed by atoms with Gasteiger partial charge in [-0.05, 0) is 62.4 Å². The van der Waals surface area contributed by atoms with Gasteiger partial charge < -0.3 is 14.6 Å². The Morgan fingerprint density at radius 1 is 0.618 bits per heavy atom. The van der Waals surface area contributed by atoms with Crippen molar-refractivity contribution in [1.82, 2.24) is 0 Å². The number of hydrogen-bond donors (Lipinski definition) is 1. The number of fused-ring (bicyclic) bond motifs is 1. The molecular weight excluding hydrogens is 450 g/mol. The molecule has 0 aliphatic heterocycles. The summed E-state index contributed by atoms with van der Waals surface area (Å²) in [7, 11) is -3.97. The van der Waals surface area contributed by atoms with Crippen molar-refractivity contribution in [3.63, 3.8) is 0 Å². The third kappa shape index (κ3) is 5.27. The number of benzene rings is 2. The molecule has 34 heavy (non-hydrogen) atoms. The summed E-state index contributed by atoms with van der Waals surface area (Å²) >= 11 is 0. The van der Waals surface area contributed by atoms with Gasteiger partial charge in [0.05, 0.1) is 6.61 Å². The minimum atomic E-state index is -2.02. The topological polar surface area (TPSA) is 44.5 Å². The van der Waals surface area contributed by atoms with Crippen LogP contribution >= 0.6 is 0 Å². The van der Waals surface area contributed by atoms with Crippen LogP contribution in [0.25, 0.3) is 10.8 Å². The molecule has 0 spiro atoms. The number of anilines is 1. The largest absolute Gasteiger partial charge is 0.543 e. The summed E-state index contributed by atoms with van der Waals surface area (Å²) in [6.07, 6.45) is 0. The highest BCUT2D eigenvalue weighted by Crippen LogP contribution is 2.45. The van der Waals surface area contributed by atoms with E-state index in [9.17, 15) is 0 Å². The maximum Gasteiger partial charge on any atom is 0.258 e. The molecule has 0 fully saturated rings. The number of hydrogen-bond acceptors (Lipinski definition) is 3. The first-order chi connectivity index (χ1) is 15.7. The average molecular weight is 502 g/mol. The summed E-state index contributed by atoms with van der Waals surface area (Å²) in [5.41, 5.74) is 11.8. The van der Waals surface area contributed by atoms with E-state index >= 15 is 0 Å². The summed E-state index contributed by atoms with van der Waals surface area (Å²) in [5, 5.41) is 2.25. The lowest BCUT2D eigenvalue weighted by atomic mass is 10.0. The van der Waals surface area contributed by atoms with Gasteiger partial charge in [-0.1, -0.05) is 95.2 Å². The van der Waals surface area contributed by atoms with Crippen LogP contribution in [0.3, 0.4) is 0 Å². The van der Waals surface area contributed by atoms with E-state index in [1.165, 1.54) is 10.9 Å². The van der Waals surface area contributed by atoms with Gasteiger partial charge in [-0.25, -0.2) is 0 Å². The quantitative estimate of drug-likeness (QED) is 0.246. The first-order valence-corrected chi connectivity index (χ1v) is 17.6. The van der Waals surface area contributed by atoms with E-state index in [0.717, 1.165) is 16.8 Å². The molecule has 3 nitrogen and oxygen atoms in total. The van der Waals surface area contributed by atoms with Gasteiger partial charge in [0.25, 0.3) is 8.32 Å². The van der Waals surface area contributed by atoms with Crippen LogP contribution in [0.2, 0.25) is 33.2 Å². The van der Waals surface area contributed by atoms with Crippen LogP contribution < -0.4 is 10.2 Å². The standard InChI is InChI=1S/C29H51NO2Si2/c1-19(2)33(20(3)4,21(5)6)31-18-25-13-16-29(30)28-17-26(14-15-27(25)28)32-34(22(7)8,23(9)10)24(11)12/h13-17,19-24H,18,30H2,1-12H3. The number of nitrogen functional groups attached to an aromatic ring is 1. The molecule has 0 radical (unpaired) electrons. The van der Waals surface area contributed by atoms with E-state index in [-0.39, 0.29) is 0 Å². The Balaban J connectivity index is 2.49. The van der Waals surface area contributed by atoms with Crippen molar-refractivity contribution in [3.8, 4) is 5.75 Å². The minimum Gasteiger partial charge on any atom is -0.543 e. The molecular formula is C29H51NO2Si2. The lowest BCUT2D eigenvalue weighted by molar-refractivity contribution is 0.267. The average Bonchev–Trinajstić information content (AvgIpc) is 2.72. The van der Waals surface area contributed by atoms with Gasteiger partial charge in [0.1, 0.15) is 5.75 Å². The Bertz CT molecular complexity index is 907. The Morgan fingerprint density at radius 2 is 1.09 bits per heavy atom. The van der Waals surface area contributed by atoms with Crippen LogP contribution in [0.15, 0.2) is 30.3 Å². The maximum atomic E-state index is 6.96. The highest BCUT2D eigenvalue weighted by Gasteiger charge is 2.47. The Labute approximate surface area is 212 Å². The lowest BCUT2D eigenvalue weighted by Gasteiger charge is -2.42. The molecule has 5 heteroatoms. The molecule has 2 rings (SSSR count). The fourth-order valence-electron chi connectivity index (χ4n) is 6.86. The monoisotopic (exact) mass is 501 g/mol. The molecule has 0 bridgehead atoms. The minimum absolute atomic E-state index is 0.529. The zero-order valence-electron chi connectivity index (χ0n) is 24.0. The van der Waals surface area contributed by atoms with E-state index in [1.807, 2.05) is 6.07 Å². The molecule has 0 aromatic heterocycles. The molecule has 0 unspecified atom stereocenters. The molecule has 0 amide bonds. The van der Waals surface area contributed by atoms with E-state index in [2.05, 4.69) is 107 Å². The predicted octanol–water partition coefficient (Wildman–Crippen LogP) is 9.67. The molecule has 0 aliphatic carbocycles. The van der Waals surface area contributed by atoms with E-state index < -0.39 is 16.6 Å². The van der Waals surface area contributed by atoms with Crippen molar-refractivity contribution >= 4 is 33.1 Å². The van der Waals surface area contributed by atoms with Crippen LogP contribution in [0, 0.1) is 0 Å². The van der Waals surface area contributed by atoms with Crippen molar-refractivity contribution < 1.29 is 8.85 Å². The molecule has 0 atom stereocenters. The summed E-state index contributed by atoms with van der Waals surface area (Å²) in [6.45, 7) is 28.6. The van der Waals surface area contributed by atoms with Gasteiger partial charge in [0.15, 0.2) is 0 Å². The molecule has 2 N–H and O–H groups in total. The van der Waals surface area contributed by atoms with Gasteiger partial charge >= 0.3 is 0 Å². The van der Waals surface area contributed by atoms with E-state index in [4.69, 9.17) is 14.6 Å². The number of rotatable bonds is 11. The van der Waals surface area contributed by atoms with Crippen LogP contribution in [0.5, 0.6) is 5.75 Å².